The van der Waals surface area contributed by atoms with Crippen molar-refractivity contribution in [2.75, 3.05) is 13.1 Å². The molecular formula is C29H30N4O7S. The minimum absolute atomic E-state index is 0.0282. The molecule has 5 rings (SSSR count). The first kappa shape index (κ1) is 28.3. The van der Waals surface area contributed by atoms with Crippen LogP contribution in [0.1, 0.15) is 40.9 Å². The van der Waals surface area contributed by atoms with E-state index in [4.69, 9.17) is 14.6 Å². The number of hydrogen-bond acceptors (Lipinski definition) is 8. The van der Waals surface area contributed by atoms with E-state index in [1.54, 1.807) is 29.5 Å². The maximum absolute atomic E-state index is 13.5. The van der Waals surface area contributed by atoms with E-state index in [0.29, 0.717) is 16.9 Å². The average molecular weight is 579 g/mol. The number of aliphatic carboxylic acids is 1. The van der Waals surface area contributed by atoms with Crippen LogP contribution in [-0.4, -0.2) is 60.2 Å². The molecule has 2 aliphatic rings. The molecule has 214 valence electrons. The van der Waals surface area contributed by atoms with E-state index in [9.17, 15) is 19.2 Å². The Hall–Kier alpha value is -4.26. The van der Waals surface area contributed by atoms with E-state index in [1.165, 1.54) is 0 Å². The van der Waals surface area contributed by atoms with E-state index in [2.05, 4.69) is 33.6 Å². The molecular weight excluding hydrogens is 548 g/mol. The first-order valence-electron chi connectivity index (χ1n) is 13.2. The molecule has 3 amide bonds. The summed E-state index contributed by atoms with van der Waals surface area (Å²) in [5.41, 5.74) is 7.50. The predicted molar refractivity (Wildman–Crippen MR) is 150 cm³/mol. The summed E-state index contributed by atoms with van der Waals surface area (Å²) in [5.74, 6) is -2.22. The Morgan fingerprint density at radius 1 is 1.07 bits per heavy atom. The summed E-state index contributed by atoms with van der Waals surface area (Å²) in [7, 11) is 0. The van der Waals surface area contributed by atoms with Gasteiger partial charge in [-0.15, -0.1) is 11.3 Å². The number of aryl methyl sites for hydroxylation is 1. The monoisotopic (exact) mass is 578 g/mol. The quantitative estimate of drug-likeness (QED) is 0.171. The van der Waals surface area contributed by atoms with Crippen molar-refractivity contribution in [3.8, 4) is 16.2 Å². The fourth-order valence-electron chi connectivity index (χ4n) is 4.37. The molecule has 2 aliphatic heterocycles. The number of amides is 3. The second-order valence-corrected chi connectivity index (χ2v) is 10.8. The van der Waals surface area contributed by atoms with Crippen LogP contribution in [0, 0.1) is 0 Å². The number of carboxylic acid groups (broad SMARTS) is 1. The van der Waals surface area contributed by atoms with Crippen LogP contribution in [0.2, 0.25) is 0 Å². The zero-order valence-electron chi connectivity index (χ0n) is 22.2. The van der Waals surface area contributed by atoms with Gasteiger partial charge in [0.1, 0.15) is 11.9 Å². The van der Waals surface area contributed by atoms with Gasteiger partial charge in [-0.3, -0.25) is 25.2 Å². The van der Waals surface area contributed by atoms with E-state index >= 15 is 0 Å². The van der Waals surface area contributed by atoms with Crippen LogP contribution in [0.15, 0.2) is 60.0 Å². The predicted octanol–water partition coefficient (Wildman–Crippen LogP) is 2.19. The van der Waals surface area contributed by atoms with Crippen molar-refractivity contribution in [3.05, 3.63) is 76.7 Å². The van der Waals surface area contributed by atoms with Gasteiger partial charge in [-0.25, -0.2) is 4.79 Å². The standard InChI is InChI=1S/C29H30N4O7S/c1-16(18-4-2-5-19(12-18)23-6-3-11-41-23)31-27(35)22-13-20(39-21-14-30-15-21)9-7-17(22)8-10-24(34)32-33-28(36)25-26(40-25)29(37)38/h2-7,9,11-13,16,21,25-26,30H,8,10,14-15H2,1H3,(H,31,35)(H,32,34)(H,33,36)(H,37,38)/t16-,25?,26?/m1/s1. The van der Waals surface area contributed by atoms with Gasteiger partial charge in [0.25, 0.3) is 11.8 Å². The number of hydrogen-bond donors (Lipinski definition) is 5. The van der Waals surface area contributed by atoms with E-state index in [1.807, 2.05) is 36.6 Å². The molecule has 0 bridgehead atoms. The highest BCUT2D eigenvalue weighted by Gasteiger charge is 2.50. The molecule has 1 aromatic heterocycles. The van der Waals surface area contributed by atoms with Gasteiger partial charge in [-0.1, -0.05) is 30.3 Å². The first-order valence-corrected chi connectivity index (χ1v) is 14.1. The lowest BCUT2D eigenvalue weighted by atomic mass is 10.00. The molecule has 3 heterocycles. The maximum Gasteiger partial charge on any atom is 0.336 e. The van der Waals surface area contributed by atoms with Crippen LogP contribution in [0.3, 0.4) is 0 Å². The Kier molecular flexibility index (Phi) is 8.62. The molecule has 2 aromatic carbocycles. The highest BCUT2D eigenvalue weighted by Crippen LogP contribution is 2.28. The molecule has 2 saturated heterocycles. The van der Waals surface area contributed by atoms with Crippen molar-refractivity contribution in [2.24, 2.45) is 0 Å². The van der Waals surface area contributed by atoms with Gasteiger partial charge in [0.05, 0.1) is 6.04 Å². The van der Waals surface area contributed by atoms with Crippen molar-refractivity contribution in [2.45, 2.75) is 44.1 Å². The van der Waals surface area contributed by atoms with Crippen LogP contribution >= 0.6 is 11.3 Å². The molecule has 3 aromatic rings. The molecule has 0 radical (unpaired) electrons. The molecule has 0 aliphatic carbocycles. The third-order valence-corrected chi connectivity index (χ3v) is 7.77. The SMILES string of the molecule is C[C@@H](NC(=O)c1cc(OC2CNC2)ccc1CCC(=O)NNC(=O)C1OC1C(=O)O)c1cccc(-c2cccs2)c1. The van der Waals surface area contributed by atoms with Crippen LogP contribution in [0.4, 0.5) is 0 Å². The summed E-state index contributed by atoms with van der Waals surface area (Å²) in [6.45, 7) is 3.37. The van der Waals surface area contributed by atoms with Gasteiger partial charge in [0, 0.05) is 30.0 Å². The Balaban J connectivity index is 1.24. The van der Waals surface area contributed by atoms with Gasteiger partial charge in [0.15, 0.2) is 12.2 Å². The summed E-state index contributed by atoms with van der Waals surface area (Å²) in [4.78, 5) is 49.8. The zero-order chi connectivity index (χ0) is 28.9. The Bertz CT molecular complexity index is 1440. The molecule has 2 fully saturated rings. The van der Waals surface area contributed by atoms with E-state index in [0.717, 1.165) is 29.1 Å². The molecule has 5 N–H and O–H groups in total. The van der Waals surface area contributed by atoms with Crippen LogP contribution < -0.4 is 26.2 Å². The maximum atomic E-state index is 13.5. The number of epoxide rings is 1. The summed E-state index contributed by atoms with van der Waals surface area (Å²) in [6, 6.07) is 17.0. The molecule has 41 heavy (non-hydrogen) atoms. The first-order chi connectivity index (χ1) is 19.8. The van der Waals surface area contributed by atoms with Crippen LogP contribution in [0.25, 0.3) is 10.4 Å². The topological polar surface area (TPSA) is 158 Å². The van der Waals surface area contributed by atoms with Gasteiger partial charge >= 0.3 is 5.97 Å². The van der Waals surface area contributed by atoms with Crippen molar-refractivity contribution in [3.63, 3.8) is 0 Å². The minimum atomic E-state index is -1.24. The molecule has 0 spiro atoms. The normalized spacial score (nSPS) is 18.5. The number of thiophene rings is 1. The van der Waals surface area contributed by atoms with Gasteiger partial charge < -0.3 is 25.2 Å². The van der Waals surface area contributed by atoms with Gasteiger partial charge in [0.2, 0.25) is 5.91 Å². The number of rotatable bonds is 11. The Morgan fingerprint density at radius 3 is 2.59 bits per heavy atom. The summed E-state index contributed by atoms with van der Waals surface area (Å²) in [5, 5.41) is 17.1. The van der Waals surface area contributed by atoms with E-state index in [-0.39, 0.29) is 30.9 Å². The number of hydrazine groups is 1. The Labute approximate surface area is 240 Å². The lowest BCUT2D eigenvalue weighted by Crippen LogP contribution is -2.50. The van der Waals surface area contributed by atoms with Gasteiger partial charge in [-0.05, 0) is 59.7 Å². The highest BCUT2D eigenvalue weighted by molar-refractivity contribution is 7.13. The zero-order valence-corrected chi connectivity index (χ0v) is 23.0. The van der Waals surface area contributed by atoms with Crippen molar-refractivity contribution in [1.82, 2.24) is 21.5 Å². The number of carboxylic acids is 1. The van der Waals surface area contributed by atoms with Crippen molar-refractivity contribution >= 4 is 35.0 Å². The lowest BCUT2D eigenvalue weighted by Gasteiger charge is -2.28. The number of benzene rings is 2. The van der Waals surface area contributed by atoms with Crippen LogP contribution in [-0.2, 0) is 25.5 Å². The summed E-state index contributed by atoms with van der Waals surface area (Å²) >= 11 is 1.65. The largest absolute Gasteiger partial charge is 0.488 e. The third-order valence-electron chi connectivity index (χ3n) is 6.85. The number of carbonyl (C=O) groups is 4. The molecule has 3 atom stereocenters. The highest BCUT2D eigenvalue weighted by atomic mass is 32.1. The average Bonchev–Trinajstić information content (AvgIpc) is 3.58. The third kappa shape index (κ3) is 7.09. The Morgan fingerprint density at radius 2 is 1.90 bits per heavy atom. The molecule has 12 heteroatoms. The fraction of sp³-hybridized carbons (Fsp3) is 0.310. The van der Waals surface area contributed by atoms with Crippen molar-refractivity contribution < 1.29 is 33.8 Å². The number of ether oxygens (including phenoxy) is 2. The molecule has 2 unspecified atom stereocenters. The van der Waals surface area contributed by atoms with Gasteiger partial charge in [-0.2, -0.15) is 0 Å². The number of nitrogens with one attached hydrogen (secondary N) is 4. The number of carbonyl (C=O) groups excluding carboxylic acids is 3. The van der Waals surface area contributed by atoms with E-state index < -0.39 is 30.0 Å². The fourth-order valence-corrected chi connectivity index (χ4v) is 5.09. The van der Waals surface area contributed by atoms with Crippen LogP contribution in [0.5, 0.6) is 5.75 Å². The minimum Gasteiger partial charge on any atom is -0.488 e. The summed E-state index contributed by atoms with van der Waals surface area (Å²) in [6.07, 6.45) is -2.12. The van der Waals surface area contributed by atoms with Crippen molar-refractivity contribution in [1.29, 1.82) is 0 Å². The second-order valence-electron chi connectivity index (χ2n) is 9.87. The molecule has 11 nitrogen and oxygen atoms in total. The smallest absolute Gasteiger partial charge is 0.336 e. The lowest BCUT2D eigenvalue weighted by molar-refractivity contribution is -0.138. The summed E-state index contributed by atoms with van der Waals surface area (Å²) < 4.78 is 10.7. The second kappa shape index (κ2) is 12.5. The molecule has 0 saturated carbocycles.